The van der Waals surface area contributed by atoms with Crippen molar-refractivity contribution in [3.8, 4) is 0 Å². The number of hydrogen-bond donors (Lipinski definition) is 4. The molecule has 0 radical (unpaired) electrons. The summed E-state index contributed by atoms with van der Waals surface area (Å²) in [7, 11) is -0.730. The van der Waals surface area contributed by atoms with Gasteiger partial charge in [-0.3, -0.25) is 4.79 Å². The van der Waals surface area contributed by atoms with E-state index in [9.17, 15) is 14.3 Å². The lowest BCUT2D eigenvalue weighted by atomic mass is 9.86. The lowest BCUT2D eigenvalue weighted by Gasteiger charge is -2.18. The SMILES string of the molecule is CCNC(=O)C(CCCCNF)NB(C)O. The van der Waals surface area contributed by atoms with Gasteiger partial charge >= 0.3 is 7.05 Å². The third-order valence-corrected chi connectivity index (χ3v) is 2.12. The van der Waals surface area contributed by atoms with Crippen LogP contribution >= 0.6 is 0 Å². The number of carbonyl (C=O) groups excluding carboxylic acids is 1. The predicted molar refractivity (Wildman–Crippen MR) is 62.4 cm³/mol. The first-order valence-electron chi connectivity index (χ1n) is 5.67. The molecule has 0 aromatic carbocycles. The molecule has 0 heterocycles. The molecule has 0 aliphatic rings. The van der Waals surface area contributed by atoms with Gasteiger partial charge in [0.15, 0.2) is 0 Å². The highest BCUT2D eigenvalue weighted by Crippen LogP contribution is 2.01. The molecular formula is C9H21BFN3O2. The van der Waals surface area contributed by atoms with Crippen molar-refractivity contribution in [3.63, 3.8) is 0 Å². The zero-order valence-electron chi connectivity index (χ0n) is 9.92. The highest BCUT2D eigenvalue weighted by atomic mass is 19.2. The van der Waals surface area contributed by atoms with E-state index in [0.29, 0.717) is 19.4 Å². The molecule has 0 aromatic rings. The summed E-state index contributed by atoms with van der Waals surface area (Å²) in [5.74, 6) is -0.128. The van der Waals surface area contributed by atoms with Crippen molar-refractivity contribution in [2.75, 3.05) is 13.1 Å². The van der Waals surface area contributed by atoms with E-state index in [1.165, 1.54) is 0 Å². The van der Waals surface area contributed by atoms with Crippen LogP contribution in [0.2, 0.25) is 6.82 Å². The minimum atomic E-state index is -0.730. The van der Waals surface area contributed by atoms with Gasteiger partial charge < -0.3 is 15.6 Å². The summed E-state index contributed by atoms with van der Waals surface area (Å²) < 4.78 is 11.6. The second-order valence-corrected chi connectivity index (χ2v) is 3.67. The number of carbonyl (C=O) groups is 1. The van der Waals surface area contributed by atoms with Crippen LogP contribution in [0, 0.1) is 0 Å². The third-order valence-electron chi connectivity index (χ3n) is 2.12. The maximum absolute atomic E-state index is 11.6. The molecule has 0 aliphatic carbocycles. The molecule has 5 nitrogen and oxygen atoms in total. The van der Waals surface area contributed by atoms with E-state index < -0.39 is 13.1 Å². The molecule has 0 aromatic heterocycles. The minimum Gasteiger partial charge on any atom is -0.437 e. The van der Waals surface area contributed by atoms with E-state index >= 15 is 0 Å². The monoisotopic (exact) mass is 233 g/mol. The van der Waals surface area contributed by atoms with E-state index in [-0.39, 0.29) is 12.5 Å². The Morgan fingerprint density at radius 1 is 1.50 bits per heavy atom. The Kier molecular flexibility index (Phi) is 9.17. The largest absolute Gasteiger partial charge is 0.437 e. The number of hydrogen-bond acceptors (Lipinski definition) is 4. The van der Waals surface area contributed by atoms with Gasteiger partial charge in [0, 0.05) is 13.1 Å². The van der Waals surface area contributed by atoms with Crippen molar-refractivity contribution in [1.29, 1.82) is 0 Å². The van der Waals surface area contributed by atoms with Gasteiger partial charge in [0.2, 0.25) is 5.91 Å². The average Bonchev–Trinajstić information content (AvgIpc) is 2.22. The Labute approximate surface area is 96.2 Å². The summed E-state index contributed by atoms with van der Waals surface area (Å²) in [6, 6.07) is -0.417. The van der Waals surface area contributed by atoms with Gasteiger partial charge in [-0.1, -0.05) is 6.42 Å². The zero-order chi connectivity index (χ0) is 12.4. The molecule has 1 amide bonds. The van der Waals surface area contributed by atoms with Gasteiger partial charge in [0.1, 0.15) is 0 Å². The van der Waals surface area contributed by atoms with Crippen LogP contribution in [0.3, 0.4) is 0 Å². The molecule has 1 unspecified atom stereocenters. The normalized spacial score (nSPS) is 12.2. The van der Waals surface area contributed by atoms with Crippen LogP contribution in [0.1, 0.15) is 26.2 Å². The van der Waals surface area contributed by atoms with Crippen LogP contribution in [-0.4, -0.2) is 37.1 Å². The van der Waals surface area contributed by atoms with Crippen molar-refractivity contribution >= 4 is 13.0 Å². The van der Waals surface area contributed by atoms with Gasteiger partial charge in [0.05, 0.1) is 6.04 Å². The fourth-order valence-corrected chi connectivity index (χ4v) is 1.42. The Hall–Kier alpha value is -0.655. The number of rotatable bonds is 9. The number of nitrogens with one attached hydrogen (secondary N) is 3. The van der Waals surface area contributed by atoms with E-state index in [2.05, 4.69) is 10.5 Å². The maximum Gasteiger partial charge on any atom is 0.374 e. The Morgan fingerprint density at radius 3 is 2.69 bits per heavy atom. The lowest BCUT2D eigenvalue weighted by Crippen LogP contribution is -2.49. The molecule has 16 heavy (non-hydrogen) atoms. The molecular weight excluding hydrogens is 212 g/mol. The van der Waals surface area contributed by atoms with Crippen LogP contribution in [0.15, 0.2) is 0 Å². The van der Waals surface area contributed by atoms with E-state index in [0.717, 1.165) is 6.42 Å². The molecule has 0 spiro atoms. The number of unbranched alkanes of at least 4 members (excludes halogenated alkanes) is 1. The summed E-state index contributed by atoms with van der Waals surface area (Å²) in [5, 5.41) is 14.6. The van der Waals surface area contributed by atoms with E-state index in [4.69, 9.17) is 0 Å². The average molecular weight is 233 g/mol. The molecule has 0 saturated heterocycles. The van der Waals surface area contributed by atoms with Crippen molar-refractivity contribution in [2.24, 2.45) is 0 Å². The van der Waals surface area contributed by atoms with Crippen molar-refractivity contribution in [2.45, 2.75) is 39.1 Å². The van der Waals surface area contributed by atoms with Crippen molar-refractivity contribution in [3.05, 3.63) is 0 Å². The first-order valence-corrected chi connectivity index (χ1v) is 5.67. The van der Waals surface area contributed by atoms with Gasteiger partial charge in [-0.25, -0.2) is 0 Å². The van der Waals surface area contributed by atoms with Gasteiger partial charge in [0.25, 0.3) is 0 Å². The van der Waals surface area contributed by atoms with Gasteiger partial charge in [-0.05, 0) is 26.6 Å². The summed E-state index contributed by atoms with van der Waals surface area (Å²) >= 11 is 0. The number of amides is 1. The molecule has 0 aliphatic heterocycles. The maximum atomic E-state index is 11.6. The summed E-state index contributed by atoms with van der Waals surface area (Å²) in [4.78, 5) is 11.6. The minimum absolute atomic E-state index is 0.128. The summed E-state index contributed by atoms with van der Waals surface area (Å²) in [6.45, 7) is 4.25. The lowest BCUT2D eigenvalue weighted by molar-refractivity contribution is -0.122. The van der Waals surface area contributed by atoms with E-state index in [1.54, 1.807) is 12.4 Å². The molecule has 4 N–H and O–H groups in total. The highest BCUT2D eigenvalue weighted by molar-refractivity contribution is 6.46. The summed E-state index contributed by atoms with van der Waals surface area (Å²) in [5.41, 5.74) is 1.57. The van der Waals surface area contributed by atoms with Crippen LogP contribution in [0.25, 0.3) is 0 Å². The Bertz CT molecular complexity index is 196. The molecule has 1 atom stereocenters. The Morgan fingerprint density at radius 2 is 2.19 bits per heavy atom. The van der Waals surface area contributed by atoms with Crippen molar-refractivity contribution in [1.82, 2.24) is 16.1 Å². The van der Waals surface area contributed by atoms with E-state index in [1.807, 2.05) is 6.92 Å². The van der Waals surface area contributed by atoms with Crippen molar-refractivity contribution < 1.29 is 14.3 Å². The van der Waals surface area contributed by atoms with Crippen LogP contribution < -0.4 is 16.1 Å². The first kappa shape index (κ1) is 15.3. The second-order valence-electron chi connectivity index (χ2n) is 3.67. The summed E-state index contributed by atoms with van der Waals surface area (Å²) in [6.07, 6.45) is 1.96. The standard InChI is InChI=1S/C9H21BFN3O2/c1-3-12-9(15)8(14-10(2)16)6-4-5-7-13-11/h8,13-14,16H,3-7H2,1-2H3,(H,12,15). The molecule has 0 rings (SSSR count). The van der Waals surface area contributed by atoms with Crippen LogP contribution in [0.5, 0.6) is 0 Å². The second kappa shape index (κ2) is 9.56. The Balaban J connectivity index is 3.94. The molecule has 0 fully saturated rings. The van der Waals surface area contributed by atoms with Gasteiger partial charge in [-0.2, -0.15) is 5.54 Å². The molecule has 0 bridgehead atoms. The highest BCUT2D eigenvalue weighted by Gasteiger charge is 2.19. The molecule has 0 saturated carbocycles. The topological polar surface area (TPSA) is 73.4 Å². The quantitative estimate of drug-likeness (QED) is 0.253. The van der Waals surface area contributed by atoms with Gasteiger partial charge in [-0.15, -0.1) is 4.48 Å². The smallest absolute Gasteiger partial charge is 0.374 e. The third kappa shape index (κ3) is 7.61. The first-order chi connectivity index (χ1) is 7.61. The fourth-order valence-electron chi connectivity index (χ4n) is 1.42. The predicted octanol–water partition coefficient (Wildman–Crippen LogP) is -0.165. The fraction of sp³-hybridized carbons (Fsp3) is 0.889. The van der Waals surface area contributed by atoms with Crippen LogP contribution in [-0.2, 0) is 4.79 Å². The molecule has 94 valence electrons. The van der Waals surface area contributed by atoms with Crippen LogP contribution in [0.4, 0.5) is 4.48 Å². The zero-order valence-corrected chi connectivity index (χ0v) is 9.92. The number of halogens is 1. The molecule has 7 heteroatoms. The number of likely N-dealkylation sites (N-methyl/N-ethyl adjacent to an activating group) is 1.